The maximum atomic E-state index is 10.5. The third kappa shape index (κ3) is 11.8. The van der Waals surface area contributed by atoms with Crippen molar-refractivity contribution in [1.29, 1.82) is 0 Å². The van der Waals surface area contributed by atoms with Crippen LogP contribution in [0.2, 0.25) is 0 Å². The van der Waals surface area contributed by atoms with E-state index in [0.717, 1.165) is 18.7 Å². The quantitative estimate of drug-likeness (QED) is 0.400. The van der Waals surface area contributed by atoms with E-state index in [4.69, 9.17) is 4.55 Å². The van der Waals surface area contributed by atoms with E-state index < -0.39 is 10.1 Å². The molecule has 2 N–H and O–H groups in total. The minimum atomic E-state index is -4.02. The summed E-state index contributed by atoms with van der Waals surface area (Å²) in [5.41, 5.74) is 0.956. The number of rotatable bonds is 11. The highest BCUT2D eigenvalue weighted by atomic mass is 32.2. The Bertz CT molecular complexity index is 640. The molecule has 0 saturated heterocycles. The van der Waals surface area contributed by atoms with Gasteiger partial charge in [-0.3, -0.25) is 9.55 Å². The molecule has 5 nitrogen and oxygen atoms in total. The molecular weight excluding hydrogens is 360 g/mol. The van der Waals surface area contributed by atoms with Gasteiger partial charge < -0.3 is 5.32 Å². The summed E-state index contributed by atoms with van der Waals surface area (Å²) >= 11 is 0. The minimum Gasteiger partial charge on any atom is -0.372 e. The molecule has 27 heavy (non-hydrogen) atoms. The molecule has 2 rings (SSSR count). The van der Waals surface area contributed by atoms with E-state index in [1.54, 1.807) is 12.1 Å². The lowest BCUT2D eigenvalue weighted by atomic mass is 10.1. The Kier molecular flexibility index (Phi) is 12.0. The molecule has 1 heterocycles. The molecule has 0 aromatic heterocycles. The maximum absolute atomic E-state index is 10.5. The summed E-state index contributed by atoms with van der Waals surface area (Å²) in [4.78, 5) is 4.34. The van der Waals surface area contributed by atoms with Crippen molar-refractivity contribution < 1.29 is 13.0 Å². The highest BCUT2D eigenvalue weighted by molar-refractivity contribution is 7.85. The first-order valence-electron chi connectivity index (χ1n) is 10.2. The summed E-state index contributed by atoms with van der Waals surface area (Å²) < 4.78 is 29.6. The lowest BCUT2D eigenvalue weighted by Gasteiger charge is -2.03. The molecule has 0 aliphatic carbocycles. The van der Waals surface area contributed by atoms with Crippen LogP contribution in [0.25, 0.3) is 0 Å². The Labute approximate surface area is 165 Å². The average Bonchev–Trinajstić information content (AvgIpc) is 3.14. The monoisotopic (exact) mass is 396 g/mol. The van der Waals surface area contributed by atoms with Crippen LogP contribution in [0.15, 0.2) is 34.2 Å². The third-order valence-electron chi connectivity index (χ3n) is 4.58. The molecular formula is C21H36N2O3S. The fourth-order valence-corrected chi connectivity index (χ4v) is 3.41. The van der Waals surface area contributed by atoms with Gasteiger partial charge in [-0.2, -0.15) is 8.42 Å². The molecule has 1 aromatic rings. The number of hydrogen-bond acceptors (Lipinski definition) is 4. The number of hydrogen-bond donors (Lipinski definition) is 2. The molecule has 1 aliphatic heterocycles. The van der Waals surface area contributed by atoms with Crippen molar-refractivity contribution in [1.82, 2.24) is 5.32 Å². The predicted octanol–water partition coefficient (Wildman–Crippen LogP) is 5.15. The number of nitrogens with one attached hydrogen (secondary N) is 1. The van der Waals surface area contributed by atoms with Crippen molar-refractivity contribution in [3.63, 3.8) is 0 Å². The molecule has 154 valence electrons. The molecule has 0 bridgehead atoms. The lowest BCUT2D eigenvalue weighted by Crippen LogP contribution is -2.17. The molecule has 0 fully saturated rings. The maximum Gasteiger partial charge on any atom is 0.294 e. The number of amidine groups is 1. The number of benzene rings is 1. The van der Waals surface area contributed by atoms with Crippen molar-refractivity contribution in [2.75, 3.05) is 13.1 Å². The second kappa shape index (κ2) is 13.7. The molecule has 0 unspecified atom stereocenters. The third-order valence-corrected chi connectivity index (χ3v) is 5.45. The smallest absolute Gasteiger partial charge is 0.294 e. The van der Waals surface area contributed by atoms with Crippen molar-refractivity contribution in [2.45, 2.75) is 83.0 Å². The van der Waals surface area contributed by atoms with E-state index in [1.807, 2.05) is 6.92 Å². The van der Waals surface area contributed by atoms with E-state index in [9.17, 15) is 8.42 Å². The van der Waals surface area contributed by atoms with E-state index >= 15 is 0 Å². The van der Waals surface area contributed by atoms with Crippen LogP contribution >= 0.6 is 0 Å². The molecule has 0 radical (unpaired) electrons. The highest BCUT2D eigenvalue weighted by Crippen LogP contribution is 2.11. The summed E-state index contributed by atoms with van der Waals surface area (Å²) in [6, 6.07) is 5.99. The normalized spacial score (nSPS) is 13.5. The van der Waals surface area contributed by atoms with Gasteiger partial charge in [-0.25, -0.2) is 0 Å². The standard InChI is InChI=1S/C14H28N2.C7H8O3S/c1-2-3-4-5-6-7-8-9-10-11-14-15-12-13-16-14;1-6-2-4-7(5-3-6)11(8,9)10/h2-13H2,1H3,(H,15,16);2-5H,1H3,(H,8,9,10). The molecule has 1 aromatic carbocycles. The van der Waals surface area contributed by atoms with E-state index in [-0.39, 0.29) is 4.90 Å². The van der Waals surface area contributed by atoms with Crippen LogP contribution < -0.4 is 5.32 Å². The minimum absolute atomic E-state index is 0.0666. The van der Waals surface area contributed by atoms with Gasteiger partial charge >= 0.3 is 0 Å². The van der Waals surface area contributed by atoms with Crippen LogP contribution in [-0.4, -0.2) is 31.9 Å². The van der Waals surface area contributed by atoms with Crippen molar-refractivity contribution in [2.24, 2.45) is 4.99 Å². The van der Waals surface area contributed by atoms with Gasteiger partial charge in [-0.15, -0.1) is 0 Å². The zero-order valence-electron chi connectivity index (χ0n) is 16.9. The topological polar surface area (TPSA) is 78.8 Å². The fraction of sp³-hybridized carbons (Fsp3) is 0.667. The Morgan fingerprint density at radius 2 is 1.52 bits per heavy atom. The van der Waals surface area contributed by atoms with Gasteiger partial charge in [-0.1, -0.05) is 76.0 Å². The predicted molar refractivity (Wildman–Crippen MR) is 113 cm³/mol. The summed E-state index contributed by atoms with van der Waals surface area (Å²) in [5, 5.41) is 3.33. The number of unbranched alkanes of at least 4 members (excludes halogenated alkanes) is 8. The van der Waals surface area contributed by atoms with Crippen molar-refractivity contribution in [3.8, 4) is 0 Å². The van der Waals surface area contributed by atoms with Crippen LogP contribution in [0, 0.1) is 6.92 Å². The lowest BCUT2D eigenvalue weighted by molar-refractivity contribution is 0.483. The molecule has 6 heteroatoms. The Morgan fingerprint density at radius 3 is 2.00 bits per heavy atom. The molecule has 0 atom stereocenters. The summed E-state index contributed by atoms with van der Waals surface area (Å²) in [6.45, 7) is 6.17. The first kappa shape index (κ1) is 23.6. The number of aliphatic imine (C=N–C) groups is 1. The first-order chi connectivity index (χ1) is 12.9. The van der Waals surface area contributed by atoms with Crippen LogP contribution in [-0.2, 0) is 10.1 Å². The van der Waals surface area contributed by atoms with Crippen LogP contribution in [0.1, 0.15) is 76.7 Å². The van der Waals surface area contributed by atoms with Gasteiger partial charge in [0.1, 0.15) is 0 Å². The van der Waals surface area contributed by atoms with Gasteiger partial charge in [0.15, 0.2) is 0 Å². The highest BCUT2D eigenvalue weighted by Gasteiger charge is 2.06. The van der Waals surface area contributed by atoms with Crippen LogP contribution in [0.3, 0.4) is 0 Å². The van der Waals surface area contributed by atoms with Gasteiger partial charge in [0.2, 0.25) is 0 Å². The molecule has 0 spiro atoms. The molecule has 1 aliphatic rings. The Balaban J connectivity index is 0.000000289. The second-order valence-corrected chi connectivity index (χ2v) is 8.54. The zero-order valence-corrected chi connectivity index (χ0v) is 17.7. The number of aryl methyl sites for hydroxylation is 1. The average molecular weight is 397 g/mol. The van der Waals surface area contributed by atoms with Crippen molar-refractivity contribution >= 4 is 16.0 Å². The Hall–Kier alpha value is -1.40. The van der Waals surface area contributed by atoms with E-state index in [0.29, 0.717) is 0 Å². The van der Waals surface area contributed by atoms with Crippen LogP contribution in [0.5, 0.6) is 0 Å². The van der Waals surface area contributed by atoms with Gasteiger partial charge in [0.05, 0.1) is 17.3 Å². The van der Waals surface area contributed by atoms with E-state index in [1.165, 1.54) is 82.2 Å². The zero-order chi connectivity index (χ0) is 20.0. The SMILES string of the molecule is CCCCCCCCCCCC1=NCCN1.Cc1ccc(S(=O)(=O)O)cc1. The largest absolute Gasteiger partial charge is 0.372 e. The molecule has 0 amide bonds. The van der Waals surface area contributed by atoms with E-state index in [2.05, 4.69) is 17.2 Å². The summed E-state index contributed by atoms with van der Waals surface area (Å²) in [7, 11) is -4.02. The van der Waals surface area contributed by atoms with Gasteiger partial charge in [0.25, 0.3) is 10.1 Å². The number of nitrogens with zero attached hydrogens (tertiary/aromatic N) is 1. The molecule has 0 saturated carbocycles. The fourth-order valence-electron chi connectivity index (χ4n) is 2.93. The Morgan fingerprint density at radius 1 is 0.963 bits per heavy atom. The van der Waals surface area contributed by atoms with Crippen molar-refractivity contribution in [3.05, 3.63) is 29.8 Å². The van der Waals surface area contributed by atoms with Crippen LogP contribution in [0.4, 0.5) is 0 Å². The summed E-state index contributed by atoms with van der Waals surface area (Å²) in [6.07, 6.45) is 13.8. The first-order valence-corrected chi connectivity index (χ1v) is 11.7. The summed E-state index contributed by atoms with van der Waals surface area (Å²) in [5.74, 6) is 1.25. The van der Waals surface area contributed by atoms with Gasteiger partial charge in [-0.05, 0) is 25.5 Å². The van der Waals surface area contributed by atoms with Gasteiger partial charge in [0, 0.05) is 13.0 Å². The second-order valence-electron chi connectivity index (χ2n) is 7.12.